The topological polar surface area (TPSA) is 109 Å². The van der Waals surface area contributed by atoms with Crippen LogP contribution < -0.4 is 15.0 Å². The van der Waals surface area contributed by atoms with Gasteiger partial charge >= 0.3 is 0 Å². The standard InChI is InChI=1S/C35H32FN3O5S/c1-4-35(3)19-28-33(45(42,43)21-35)32(25-17-16-24(18-26(25)36)44-20-23-11-6-5-7-12-23)39(29-14-9-15-30(40)31(29)38-28)34(41)27-13-8-10-22(2)37-27/h4-18,32,38,40H,1,19-21H2,2-3H3. The molecular formula is C35H32FN3O5S. The number of benzene rings is 3. The molecule has 0 fully saturated rings. The third-order valence-electron chi connectivity index (χ3n) is 8.13. The van der Waals surface area contributed by atoms with Crippen molar-refractivity contribution in [3.05, 3.63) is 137 Å². The highest BCUT2D eigenvalue weighted by Crippen LogP contribution is 2.52. The lowest BCUT2D eigenvalue weighted by Gasteiger charge is -2.37. The number of anilines is 2. The molecule has 0 bridgehead atoms. The molecule has 2 N–H and O–H groups in total. The van der Waals surface area contributed by atoms with Gasteiger partial charge in [0.05, 0.1) is 16.3 Å². The van der Waals surface area contributed by atoms with Crippen molar-refractivity contribution in [3.8, 4) is 11.5 Å². The van der Waals surface area contributed by atoms with Crippen LogP contribution in [0.15, 0.2) is 108 Å². The van der Waals surface area contributed by atoms with E-state index in [-0.39, 0.29) is 63.5 Å². The van der Waals surface area contributed by atoms with Crippen LogP contribution in [-0.4, -0.2) is 30.2 Å². The highest BCUT2D eigenvalue weighted by molar-refractivity contribution is 7.95. The normalized spacial score (nSPS) is 20.3. The highest BCUT2D eigenvalue weighted by atomic mass is 32.2. The zero-order chi connectivity index (χ0) is 31.9. The number of phenols is 1. The Kier molecular flexibility index (Phi) is 7.70. The van der Waals surface area contributed by atoms with E-state index in [9.17, 15) is 18.3 Å². The molecule has 3 heterocycles. The van der Waals surface area contributed by atoms with Crippen molar-refractivity contribution in [2.45, 2.75) is 32.9 Å². The summed E-state index contributed by atoms with van der Waals surface area (Å²) < 4.78 is 50.7. The van der Waals surface area contributed by atoms with Crippen molar-refractivity contribution in [2.75, 3.05) is 16.0 Å². The summed E-state index contributed by atoms with van der Waals surface area (Å²) in [6.07, 6.45) is 1.78. The molecule has 0 aliphatic carbocycles. The number of carbonyl (C=O) groups is 1. The van der Waals surface area contributed by atoms with Gasteiger partial charge in [-0.2, -0.15) is 0 Å². The lowest BCUT2D eigenvalue weighted by Crippen LogP contribution is -2.42. The molecule has 0 radical (unpaired) electrons. The quantitative estimate of drug-likeness (QED) is 0.178. The van der Waals surface area contributed by atoms with E-state index < -0.39 is 33.0 Å². The largest absolute Gasteiger partial charge is 0.506 e. The van der Waals surface area contributed by atoms with E-state index in [1.807, 2.05) is 30.3 Å². The SMILES string of the molecule is C=CC1(C)CC2=C(C(c3ccc(OCc4ccccc4)cc3F)N(C(=O)c3cccc(C)n3)c3cccc(O)c3N2)S(=O)(=O)C1. The number of amides is 1. The predicted octanol–water partition coefficient (Wildman–Crippen LogP) is 6.85. The predicted molar refractivity (Wildman–Crippen MR) is 171 cm³/mol. The number of aromatic hydroxyl groups is 1. The molecule has 0 saturated heterocycles. The number of para-hydroxylation sites is 1. The third kappa shape index (κ3) is 5.69. The molecular weight excluding hydrogens is 593 g/mol. The van der Waals surface area contributed by atoms with Gasteiger partial charge in [0, 0.05) is 28.4 Å². The number of nitrogens with zero attached hydrogens (tertiary/aromatic N) is 2. The molecule has 230 valence electrons. The monoisotopic (exact) mass is 625 g/mol. The van der Waals surface area contributed by atoms with Crippen molar-refractivity contribution in [3.63, 3.8) is 0 Å². The summed E-state index contributed by atoms with van der Waals surface area (Å²) in [7, 11) is -4.13. The van der Waals surface area contributed by atoms with E-state index in [2.05, 4.69) is 16.9 Å². The maximum absolute atomic E-state index is 16.3. The summed E-state index contributed by atoms with van der Waals surface area (Å²) in [5, 5.41) is 14.1. The molecule has 1 aromatic heterocycles. The maximum atomic E-state index is 16.3. The van der Waals surface area contributed by atoms with E-state index in [0.717, 1.165) is 5.56 Å². The van der Waals surface area contributed by atoms with Crippen molar-refractivity contribution < 1.29 is 27.4 Å². The molecule has 0 saturated carbocycles. The molecule has 0 spiro atoms. The molecule has 2 aliphatic heterocycles. The zero-order valence-corrected chi connectivity index (χ0v) is 25.6. The maximum Gasteiger partial charge on any atom is 0.277 e. The van der Waals surface area contributed by atoms with Crippen LogP contribution in [-0.2, 0) is 16.4 Å². The average molecular weight is 626 g/mol. The van der Waals surface area contributed by atoms with Crippen LogP contribution in [0.2, 0.25) is 0 Å². The Labute approximate surface area is 261 Å². The molecule has 4 aromatic rings. The van der Waals surface area contributed by atoms with E-state index >= 15 is 4.39 Å². The number of sulfone groups is 1. The van der Waals surface area contributed by atoms with Gasteiger partial charge in [-0.1, -0.05) is 55.5 Å². The second kappa shape index (κ2) is 11.5. The van der Waals surface area contributed by atoms with Gasteiger partial charge in [0.1, 0.15) is 41.3 Å². The Morgan fingerprint density at radius 3 is 2.60 bits per heavy atom. The molecule has 10 heteroatoms. The van der Waals surface area contributed by atoms with Crippen LogP contribution >= 0.6 is 0 Å². The van der Waals surface area contributed by atoms with Crippen molar-refractivity contribution in [1.29, 1.82) is 0 Å². The number of hydrogen-bond donors (Lipinski definition) is 2. The van der Waals surface area contributed by atoms with Gasteiger partial charge in [0.15, 0.2) is 9.84 Å². The number of aryl methyl sites for hydroxylation is 1. The molecule has 3 aromatic carbocycles. The lowest BCUT2D eigenvalue weighted by molar-refractivity contribution is 0.0975. The molecule has 1 amide bonds. The Morgan fingerprint density at radius 1 is 1.13 bits per heavy atom. The first-order valence-electron chi connectivity index (χ1n) is 14.4. The van der Waals surface area contributed by atoms with Gasteiger partial charge in [0.2, 0.25) is 0 Å². The van der Waals surface area contributed by atoms with Crippen molar-refractivity contribution >= 4 is 27.1 Å². The summed E-state index contributed by atoms with van der Waals surface area (Å²) in [4.78, 5) is 19.9. The Hall–Kier alpha value is -4.96. The fraction of sp³-hybridized carbons (Fsp3) is 0.200. The number of fused-ring (bicyclic) bond motifs is 1. The fourth-order valence-corrected chi connectivity index (χ4v) is 8.25. The van der Waals surface area contributed by atoms with Crippen molar-refractivity contribution in [1.82, 2.24) is 4.98 Å². The Balaban J connectivity index is 1.57. The summed E-state index contributed by atoms with van der Waals surface area (Å²) in [5.74, 6) is -1.69. The number of rotatable bonds is 6. The highest BCUT2D eigenvalue weighted by Gasteiger charge is 2.48. The second-order valence-electron chi connectivity index (χ2n) is 11.6. The first-order valence-corrected chi connectivity index (χ1v) is 16.1. The lowest BCUT2D eigenvalue weighted by atomic mass is 9.86. The van der Waals surface area contributed by atoms with Gasteiger partial charge < -0.3 is 15.2 Å². The van der Waals surface area contributed by atoms with E-state index in [1.165, 1.54) is 29.2 Å². The number of carbonyl (C=O) groups excluding carboxylic acids is 1. The first-order chi connectivity index (χ1) is 21.5. The number of allylic oxidation sites excluding steroid dienone is 2. The molecule has 6 rings (SSSR count). The summed E-state index contributed by atoms with van der Waals surface area (Å²) in [5.41, 5.74) is 1.12. The molecule has 8 nitrogen and oxygen atoms in total. The van der Waals surface area contributed by atoms with Crippen LogP contribution in [0.25, 0.3) is 0 Å². The number of aromatic nitrogens is 1. The van der Waals surface area contributed by atoms with Crippen LogP contribution in [0, 0.1) is 18.2 Å². The summed E-state index contributed by atoms with van der Waals surface area (Å²) >= 11 is 0. The van der Waals surface area contributed by atoms with Gasteiger partial charge in [-0.25, -0.2) is 17.8 Å². The number of phenolic OH excluding ortho intramolecular Hbond substituents is 1. The molecule has 2 unspecified atom stereocenters. The van der Waals surface area contributed by atoms with Crippen LogP contribution in [0.4, 0.5) is 15.8 Å². The smallest absolute Gasteiger partial charge is 0.277 e. The average Bonchev–Trinajstić information content (AvgIpc) is 3.15. The van der Waals surface area contributed by atoms with E-state index in [1.54, 1.807) is 50.3 Å². The molecule has 2 atom stereocenters. The van der Waals surface area contributed by atoms with E-state index in [4.69, 9.17) is 4.74 Å². The van der Waals surface area contributed by atoms with E-state index in [0.29, 0.717) is 5.69 Å². The minimum absolute atomic E-state index is 0.0331. The summed E-state index contributed by atoms with van der Waals surface area (Å²) in [6.45, 7) is 7.57. The minimum Gasteiger partial charge on any atom is -0.506 e. The number of nitrogens with one attached hydrogen (secondary N) is 1. The summed E-state index contributed by atoms with van der Waals surface area (Å²) in [6, 6.07) is 21.6. The minimum atomic E-state index is -4.13. The van der Waals surface area contributed by atoms with Crippen LogP contribution in [0.1, 0.15) is 46.7 Å². The van der Waals surface area contributed by atoms with Crippen LogP contribution in [0.5, 0.6) is 11.5 Å². The zero-order valence-electron chi connectivity index (χ0n) is 24.8. The number of pyridine rings is 1. The fourth-order valence-electron chi connectivity index (χ4n) is 5.93. The number of ether oxygens (including phenoxy) is 1. The first kappa shape index (κ1) is 30.1. The molecule has 45 heavy (non-hydrogen) atoms. The van der Waals surface area contributed by atoms with Crippen LogP contribution in [0.3, 0.4) is 0 Å². The Morgan fingerprint density at radius 2 is 1.89 bits per heavy atom. The Bertz CT molecular complexity index is 1960. The number of hydrogen-bond acceptors (Lipinski definition) is 7. The van der Waals surface area contributed by atoms with Gasteiger partial charge in [-0.15, -0.1) is 6.58 Å². The molecule has 2 aliphatic rings. The number of halogens is 1. The third-order valence-corrected chi connectivity index (χ3v) is 10.3. The van der Waals surface area contributed by atoms with Gasteiger partial charge in [-0.3, -0.25) is 9.69 Å². The van der Waals surface area contributed by atoms with Crippen molar-refractivity contribution in [2.24, 2.45) is 5.41 Å². The van der Waals surface area contributed by atoms with Gasteiger partial charge in [0.25, 0.3) is 5.91 Å². The van der Waals surface area contributed by atoms with Gasteiger partial charge in [-0.05, 0) is 55.3 Å². The second-order valence-corrected chi connectivity index (χ2v) is 13.6.